The van der Waals surface area contributed by atoms with Crippen LogP contribution in [0, 0.1) is 5.92 Å². The molecule has 4 nitrogen and oxygen atoms in total. The van der Waals surface area contributed by atoms with E-state index in [0.29, 0.717) is 10.8 Å². The number of rotatable bonds is 7. The summed E-state index contributed by atoms with van der Waals surface area (Å²) < 4.78 is 0. The first kappa shape index (κ1) is 20.1. The quantitative estimate of drug-likeness (QED) is 0.667. The maximum atomic E-state index is 13.4. The molecule has 0 spiro atoms. The first-order valence-corrected chi connectivity index (χ1v) is 11.5. The van der Waals surface area contributed by atoms with Gasteiger partial charge in [-0.1, -0.05) is 26.8 Å². The third kappa shape index (κ3) is 4.43. The molecule has 2 heterocycles. The van der Waals surface area contributed by atoms with Gasteiger partial charge < -0.3 is 10.2 Å². The topological polar surface area (TPSA) is 49.4 Å². The summed E-state index contributed by atoms with van der Waals surface area (Å²) in [6.07, 6.45) is 4.90. The molecule has 0 fully saturated rings. The number of nitrogens with zero attached hydrogens (tertiary/aromatic N) is 1. The van der Waals surface area contributed by atoms with E-state index in [-0.39, 0.29) is 11.8 Å². The molecule has 1 atom stereocenters. The highest BCUT2D eigenvalue weighted by Crippen LogP contribution is 2.40. The Labute approximate surface area is 169 Å². The third-order valence-electron chi connectivity index (χ3n) is 4.97. The Balaban J connectivity index is 1.96. The van der Waals surface area contributed by atoms with E-state index in [2.05, 4.69) is 26.1 Å². The lowest BCUT2D eigenvalue weighted by molar-refractivity contribution is 0.0755. The molecule has 27 heavy (non-hydrogen) atoms. The monoisotopic (exact) mass is 404 g/mol. The predicted molar refractivity (Wildman–Crippen MR) is 114 cm³/mol. The Bertz CT molecular complexity index is 789. The summed E-state index contributed by atoms with van der Waals surface area (Å²) in [6.45, 7) is 7.97. The van der Waals surface area contributed by atoms with Crippen LogP contribution in [0.1, 0.15) is 70.5 Å². The summed E-state index contributed by atoms with van der Waals surface area (Å²) in [5.41, 5.74) is 1.91. The Morgan fingerprint density at radius 1 is 1.26 bits per heavy atom. The molecule has 0 bridgehead atoms. The van der Waals surface area contributed by atoms with Crippen molar-refractivity contribution in [1.82, 2.24) is 4.90 Å². The number of fused-ring (bicyclic) bond motifs is 1. The van der Waals surface area contributed by atoms with E-state index in [4.69, 9.17) is 0 Å². The maximum absolute atomic E-state index is 13.4. The van der Waals surface area contributed by atoms with Crippen molar-refractivity contribution in [2.75, 3.05) is 18.4 Å². The van der Waals surface area contributed by atoms with Crippen molar-refractivity contribution in [3.8, 4) is 0 Å². The summed E-state index contributed by atoms with van der Waals surface area (Å²) in [6, 6.07) is 3.69. The molecule has 0 saturated carbocycles. The van der Waals surface area contributed by atoms with Crippen LogP contribution in [0.25, 0.3) is 0 Å². The second kappa shape index (κ2) is 9.02. The van der Waals surface area contributed by atoms with Gasteiger partial charge in [0.1, 0.15) is 5.00 Å². The summed E-state index contributed by atoms with van der Waals surface area (Å²) in [7, 11) is 0. The van der Waals surface area contributed by atoms with E-state index in [1.807, 2.05) is 22.4 Å². The van der Waals surface area contributed by atoms with Gasteiger partial charge >= 0.3 is 0 Å². The van der Waals surface area contributed by atoms with Crippen LogP contribution in [0.3, 0.4) is 0 Å². The molecular formula is C21H28N2O2S2. The van der Waals surface area contributed by atoms with Gasteiger partial charge in [0.2, 0.25) is 0 Å². The summed E-state index contributed by atoms with van der Waals surface area (Å²) in [5, 5.41) is 5.67. The average Bonchev–Trinajstić information content (AvgIpc) is 3.28. The molecule has 2 aromatic heterocycles. The normalized spacial score (nSPS) is 16.0. The number of carbonyl (C=O) groups is 2. The van der Waals surface area contributed by atoms with Crippen LogP contribution in [0.5, 0.6) is 0 Å². The van der Waals surface area contributed by atoms with Crippen LogP contribution in [0.2, 0.25) is 0 Å². The standard InChI is InChI=1S/C21H28N2O2S2/c1-4-10-23(11-5-2)21(25)18-15-9-8-14(3)13-17(15)27-20(18)22-19(24)16-7-6-12-26-16/h6-7,12,14H,4-5,8-11,13H2,1-3H3,(H,22,24)/t14-/m0/s1. The van der Waals surface area contributed by atoms with E-state index in [1.54, 1.807) is 11.3 Å². The van der Waals surface area contributed by atoms with E-state index in [0.717, 1.165) is 55.8 Å². The molecule has 0 saturated heterocycles. The van der Waals surface area contributed by atoms with Gasteiger partial charge in [0.25, 0.3) is 11.8 Å². The van der Waals surface area contributed by atoms with Gasteiger partial charge in [-0.15, -0.1) is 22.7 Å². The second-order valence-corrected chi connectivity index (χ2v) is 9.33. The number of anilines is 1. The fourth-order valence-electron chi connectivity index (χ4n) is 3.65. The van der Waals surface area contributed by atoms with Crippen LogP contribution in [0.15, 0.2) is 17.5 Å². The van der Waals surface area contributed by atoms with Crippen molar-refractivity contribution in [3.63, 3.8) is 0 Å². The van der Waals surface area contributed by atoms with Crippen LogP contribution in [-0.4, -0.2) is 29.8 Å². The van der Waals surface area contributed by atoms with Gasteiger partial charge in [-0.2, -0.15) is 0 Å². The number of amides is 2. The highest BCUT2D eigenvalue weighted by atomic mass is 32.1. The van der Waals surface area contributed by atoms with Crippen LogP contribution >= 0.6 is 22.7 Å². The summed E-state index contributed by atoms with van der Waals surface area (Å²) in [4.78, 5) is 29.9. The van der Waals surface area contributed by atoms with E-state index in [9.17, 15) is 9.59 Å². The zero-order valence-electron chi connectivity index (χ0n) is 16.3. The highest BCUT2D eigenvalue weighted by molar-refractivity contribution is 7.17. The molecule has 1 N–H and O–H groups in total. The van der Waals surface area contributed by atoms with Crippen LogP contribution in [0.4, 0.5) is 5.00 Å². The summed E-state index contributed by atoms with van der Waals surface area (Å²) >= 11 is 3.02. The molecule has 1 aliphatic carbocycles. The minimum Gasteiger partial charge on any atom is -0.339 e. The van der Waals surface area contributed by atoms with Crippen LogP contribution in [-0.2, 0) is 12.8 Å². The minimum absolute atomic E-state index is 0.0761. The van der Waals surface area contributed by atoms with E-state index in [1.165, 1.54) is 21.8 Å². The molecule has 0 aromatic carbocycles. The minimum atomic E-state index is -0.122. The predicted octanol–water partition coefficient (Wildman–Crippen LogP) is 5.45. The number of hydrogen-bond acceptors (Lipinski definition) is 4. The molecule has 3 rings (SSSR count). The number of thiophene rings is 2. The van der Waals surface area contributed by atoms with Gasteiger partial charge in [0, 0.05) is 18.0 Å². The first-order valence-electron chi connectivity index (χ1n) is 9.83. The lowest BCUT2D eigenvalue weighted by Gasteiger charge is -2.24. The van der Waals surface area contributed by atoms with Crippen molar-refractivity contribution < 1.29 is 9.59 Å². The lowest BCUT2D eigenvalue weighted by Crippen LogP contribution is -2.33. The smallest absolute Gasteiger partial charge is 0.266 e. The van der Waals surface area contributed by atoms with Gasteiger partial charge in [-0.25, -0.2) is 0 Å². The third-order valence-corrected chi connectivity index (χ3v) is 7.01. The Hall–Kier alpha value is -1.66. The molecule has 0 radical (unpaired) electrons. The Kier molecular flexibility index (Phi) is 6.71. The lowest BCUT2D eigenvalue weighted by atomic mass is 9.88. The van der Waals surface area contributed by atoms with Crippen molar-refractivity contribution in [2.45, 2.75) is 52.9 Å². The maximum Gasteiger partial charge on any atom is 0.266 e. The van der Waals surface area contributed by atoms with Crippen molar-refractivity contribution in [1.29, 1.82) is 0 Å². The average molecular weight is 405 g/mol. The van der Waals surface area contributed by atoms with Gasteiger partial charge in [0.15, 0.2) is 0 Å². The van der Waals surface area contributed by atoms with Gasteiger partial charge in [-0.05, 0) is 55.0 Å². The summed E-state index contributed by atoms with van der Waals surface area (Å²) in [5.74, 6) is 0.581. The molecule has 6 heteroatoms. The number of nitrogens with one attached hydrogen (secondary N) is 1. The SMILES string of the molecule is CCCN(CCC)C(=O)c1c(NC(=O)c2cccs2)sc2c1CC[C@H](C)C2. The van der Waals surface area contributed by atoms with Crippen LogP contribution < -0.4 is 5.32 Å². The zero-order valence-corrected chi connectivity index (χ0v) is 18.0. The fraction of sp³-hybridized carbons (Fsp3) is 0.524. The molecule has 146 valence electrons. The Morgan fingerprint density at radius 2 is 2.00 bits per heavy atom. The van der Waals surface area contributed by atoms with E-state index < -0.39 is 0 Å². The fourth-order valence-corrected chi connectivity index (χ4v) is 5.67. The zero-order chi connectivity index (χ0) is 19.4. The first-order chi connectivity index (χ1) is 13.0. The molecule has 2 amide bonds. The molecular weight excluding hydrogens is 376 g/mol. The number of carbonyl (C=O) groups excluding carboxylic acids is 2. The molecule has 0 aliphatic heterocycles. The Morgan fingerprint density at radius 3 is 2.63 bits per heavy atom. The van der Waals surface area contributed by atoms with Crippen molar-refractivity contribution in [2.24, 2.45) is 5.92 Å². The van der Waals surface area contributed by atoms with Gasteiger partial charge in [-0.3, -0.25) is 9.59 Å². The van der Waals surface area contributed by atoms with E-state index >= 15 is 0 Å². The molecule has 0 unspecified atom stereocenters. The number of hydrogen-bond donors (Lipinski definition) is 1. The van der Waals surface area contributed by atoms with Crippen molar-refractivity contribution >= 4 is 39.5 Å². The molecule has 2 aromatic rings. The molecule has 1 aliphatic rings. The largest absolute Gasteiger partial charge is 0.339 e. The second-order valence-electron chi connectivity index (χ2n) is 7.28. The van der Waals surface area contributed by atoms with Crippen molar-refractivity contribution in [3.05, 3.63) is 38.4 Å². The highest BCUT2D eigenvalue weighted by Gasteiger charge is 2.30. The van der Waals surface area contributed by atoms with Gasteiger partial charge in [0.05, 0.1) is 10.4 Å².